The highest BCUT2D eigenvalue weighted by atomic mass is 16.5. The zero-order chi connectivity index (χ0) is 13.9. The molecule has 2 rings (SSSR count). The van der Waals surface area contributed by atoms with Gasteiger partial charge in [-0.05, 0) is 11.8 Å². The molecule has 0 aliphatic rings. The van der Waals surface area contributed by atoms with Gasteiger partial charge in [-0.25, -0.2) is 9.97 Å². The predicted molar refractivity (Wildman–Crippen MR) is 75.1 cm³/mol. The molecule has 0 fully saturated rings. The van der Waals surface area contributed by atoms with Gasteiger partial charge in [-0.15, -0.1) is 0 Å². The van der Waals surface area contributed by atoms with Crippen LogP contribution in [0.5, 0.6) is 0 Å². The van der Waals surface area contributed by atoms with Gasteiger partial charge in [0.1, 0.15) is 12.1 Å². The normalized spacial score (nSPS) is 12.0. The van der Waals surface area contributed by atoms with E-state index in [1.807, 2.05) is 7.05 Å². The number of nitrogens with zero attached hydrogens (tertiary/aromatic N) is 4. The summed E-state index contributed by atoms with van der Waals surface area (Å²) in [5, 5.41) is 8.55. The van der Waals surface area contributed by atoms with Gasteiger partial charge < -0.3 is 10.1 Å². The third-order valence-corrected chi connectivity index (χ3v) is 3.25. The second-order valence-corrected chi connectivity index (χ2v) is 5.49. The number of anilines is 1. The number of aryl methyl sites for hydroxylation is 1. The first-order valence-electron chi connectivity index (χ1n) is 6.39. The summed E-state index contributed by atoms with van der Waals surface area (Å²) in [5.74, 6) is 0.837. The summed E-state index contributed by atoms with van der Waals surface area (Å²) in [6.07, 6.45) is 4.35. The third-order valence-electron chi connectivity index (χ3n) is 3.25. The number of methoxy groups -OCH3 is 1. The molecule has 0 saturated heterocycles. The number of aromatic nitrogens is 4. The second-order valence-electron chi connectivity index (χ2n) is 5.49. The van der Waals surface area contributed by atoms with Gasteiger partial charge in [-0.1, -0.05) is 13.8 Å². The Morgan fingerprint density at radius 3 is 2.89 bits per heavy atom. The van der Waals surface area contributed by atoms with E-state index in [1.165, 1.54) is 0 Å². The largest absolute Gasteiger partial charge is 0.385 e. The van der Waals surface area contributed by atoms with Crippen molar-refractivity contribution in [1.29, 1.82) is 0 Å². The van der Waals surface area contributed by atoms with Crippen molar-refractivity contribution in [2.45, 2.75) is 20.3 Å². The summed E-state index contributed by atoms with van der Waals surface area (Å²) in [4.78, 5) is 8.52. The van der Waals surface area contributed by atoms with E-state index in [0.29, 0.717) is 0 Å². The molecule has 2 aromatic rings. The van der Waals surface area contributed by atoms with Gasteiger partial charge in [0.2, 0.25) is 0 Å². The Balaban J connectivity index is 2.09. The fourth-order valence-electron chi connectivity index (χ4n) is 1.89. The average Bonchev–Trinajstić information content (AvgIpc) is 2.77. The van der Waals surface area contributed by atoms with E-state index in [-0.39, 0.29) is 5.41 Å². The molecule has 0 aromatic carbocycles. The summed E-state index contributed by atoms with van der Waals surface area (Å²) >= 11 is 0. The number of rotatable bonds is 6. The molecule has 2 heterocycles. The molecule has 0 radical (unpaired) electrons. The maximum Gasteiger partial charge on any atom is 0.163 e. The average molecular weight is 263 g/mol. The highest BCUT2D eigenvalue weighted by Gasteiger charge is 2.18. The summed E-state index contributed by atoms with van der Waals surface area (Å²) in [7, 11) is 3.61. The predicted octanol–water partition coefficient (Wildman–Crippen LogP) is 1.84. The fourth-order valence-corrected chi connectivity index (χ4v) is 1.89. The molecule has 0 aliphatic heterocycles. The number of nitrogens with one attached hydrogen (secondary N) is 1. The van der Waals surface area contributed by atoms with Gasteiger partial charge in [0, 0.05) is 27.3 Å². The van der Waals surface area contributed by atoms with Crippen LogP contribution in [0.2, 0.25) is 0 Å². The zero-order valence-corrected chi connectivity index (χ0v) is 12.0. The Kier molecular flexibility index (Phi) is 3.99. The van der Waals surface area contributed by atoms with Crippen molar-refractivity contribution in [3.8, 4) is 0 Å². The standard InChI is InChI=1S/C13H21N5O/c1-13(2,5-6-19-4)8-14-11-10-7-17-18(3)12(10)16-9-15-11/h7,9H,5-6,8H2,1-4H3,(H,14,15,16). The first-order valence-corrected chi connectivity index (χ1v) is 6.39. The highest BCUT2D eigenvalue weighted by molar-refractivity contribution is 5.85. The third kappa shape index (κ3) is 3.20. The van der Waals surface area contributed by atoms with Crippen LogP contribution in [0.1, 0.15) is 20.3 Å². The molecule has 0 amide bonds. The molecule has 104 valence electrons. The van der Waals surface area contributed by atoms with Gasteiger partial charge in [0.15, 0.2) is 5.65 Å². The van der Waals surface area contributed by atoms with Crippen LogP contribution in [-0.2, 0) is 11.8 Å². The molecule has 6 heteroatoms. The van der Waals surface area contributed by atoms with Crippen LogP contribution < -0.4 is 5.32 Å². The molecule has 0 bridgehead atoms. The van der Waals surface area contributed by atoms with E-state index in [9.17, 15) is 0 Å². The monoisotopic (exact) mass is 263 g/mol. The lowest BCUT2D eigenvalue weighted by molar-refractivity contribution is 0.157. The van der Waals surface area contributed by atoms with Gasteiger partial charge in [0.05, 0.1) is 11.6 Å². The van der Waals surface area contributed by atoms with Crippen molar-refractivity contribution >= 4 is 16.9 Å². The summed E-state index contributed by atoms with van der Waals surface area (Å²) < 4.78 is 6.88. The lowest BCUT2D eigenvalue weighted by Gasteiger charge is -2.24. The first kappa shape index (κ1) is 13.7. The van der Waals surface area contributed by atoms with Crippen molar-refractivity contribution in [2.24, 2.45) is 12.5 Å². The summed E-state index contributed by atoms with van der Waals surface area (Å²) in [6.45, 7) is 6.01. The minimum atomic E-state index is 0.148. The van der Waals surface area contributed by atoms with Crippen molar-refractivity contribution in [3.63, 3.8) is 0 Å². The molecule has 0 aliphatic carbocycles. The molecule has 6 nitrogen and oxygen atoms in total. The maximum atomic E-state index is 5.14. The summed E-state index contributed by atoms with van der Waals surface area (Å²) in [6, 6.07) is 0. The Morgan fingerprint density at radius 2 is 2.16 bits per heavy atom. The van der Waals surface area contributed by atoms with Crippen LogP contribution in [-0.4, -0.2) is 40.0 Å². The van der Waals surface area contributed by atoms with Crippen molar-refractivity contribution in [3.05, 3.63) is 12.5 Å². The van der Waals surface area contributed by atoms with Gasteiger partial charge >= 0.3 is 0 Å². The molecule has 2 aromatic heterocycles. The van der Waals surface area contributed by atoms with E-state index in [4.69, 9.17) is 4.74 Å². The van der Waals surface area contributed by atoms with Gasteiger partial charge in [-0.2, -0.15) is 5.10 Å². The summed E-state index contributed by atoms with van der Waals surface area (Å²) in [5.41, 5.74) is 0.988. The van der Waals surface area contributed by atoms with E-state index < -0.39 is 0 Å². The topological polar surface area (TPSA) is 64.9 Å². The van der Waals surface area contributed by atoms with Crippen LogP contribution >= 0.6 is 0 Å². The van der Waals surface area contributed by atoms with Crippen LogP contribution in [0.4, 0.5) is 5.82 Å². The van der Waals surface area contributed by atoms with E-state index in [2.05, 4.69) is 34.2 Å². The SMILES string of the molecule is COCCC(C)(C)CNc1ncnc2c1cnn2C. The Labute approximate surface area is 113 Å². The van der Waals surface area contributed by atoms with Crippen molar-refractivity contribution in [2.75, 3.05) is 25.6 Å². The van der Waals surface area contributed by atoms with E-state index >= 15 is 0 Å². The van der Waals surface area contributed by atoms with Gasteiger partial charge in [0.25, 0.3) is 0 Å². The minimum Gasteiger partial charge on any atom is -0.385 e. The number of hydrogen-bond donors (Lipinski definition) is 1. The number of fused-ring (bicyclic) bond motifs is 1. The molecule has 0 saturated carbocycles. The number of hydrogen-bond acceptors (Lipinski definition) is 5. The number of ether oxygens (including phenoxy) is 1. The highest BCUT2D eigenvalue weighted by Crippen LogP contribution is 2.23. The first-order chi connectivity index (χ1) is 9.03. The van der Waals surface area contributed by atoms with Crippen molar-refractivity contribution in [1.82, 2.24) is 19.7 Å². The quantitative estimate of drug-likeness (QED) is 0.861. The van der Waals surface area contributed by atoms with Crippen LogP contribution in [0.3, 0.4) is 0 Å². The lowest BCUT2D eigenvalue weighted by Crippen LogP contribution is -2.25. The molecule has 19 heavy (non-hydrogen) atoms. The Hall–Kier alpha value is -1.69. The molecule has 0 unspecified atom stereocenters. The lowest BCUT2D eigenvalue weighted by atomic mass is 9.90. The van der Waals surface area contributed by atoms with Crippen LogP contribution in [0, 0.1) is 5.41 Å². The molecule has 0 spiro atoms. The van der Waals surface area contributed by atoms with Crippen LogP contribution in [0.15, 0.2) is 12.5 Å². The van der Waals surface area contributed by atoms with E-state index in [1.54, 1.807) is 24.3 Å². The molecule has 1 N–H and O–H groups in total. The molecular formula is C13H21N5O. The van der Waals surface area contributed by atoms with E-state index in [0.717, 1.165) is 36.4 Å². The molecule has 0 atom stereocenters. The Morgan fingerprint density at radius 1 is 1.37 bits per heavy atom. The smallest absolute Gasteiger partial charge is 0.163 e. The van der Waals surface area contributed by atoms with Crippen molar-refractivity contribution < 1.29 is 4.74 Å². The maximum absolute atomic E-state index is 5.14. The second kappa shape index (κ2) is 5.52. The zero-order valence-electron chi connectivity index (χ0n) is 12.0. The van der Waals surface area contributed by atoms with Crippen LogP contribution in [0.25, 0.3) is 11.0 Å². The van der Waals surface area contributed by atoms with Gasteiger partial charge in [-0.3, -0.25) is 4.68 Å². The minimum absolute atomic E-state index is 0.148. The Bertz CT molecular complexity index is 549. The fraction of sp³-hybridized carbons (Fsp3) is 0.615. The molecular weight excluding hydrogens is 242 g/mol.